The van der Waals surface area contributed by atoms with Crippen molar-refractivity contribution in [3.05, 3.63) is 66.6 Å². The Bertz CT molecular complexity index is 1860. The van der Waals surface area contributed by atoms with Crippen molar-refractivity contribution < 1.29 is 19.4 Å². The van der Waals surface area contributed by atoms with Crippen LogP contribution in [0.5, 0.6) is 11.5 Å². The van der Waals surface area contributed by atoms with E-state index in [2.05, 4.69) is 59.3 Å². The van der Waals surface area contributed by atoms with E-state index >= 15 is 0 Å². The lowest BCUT2D eigenvalue weighted by molar-refractivity contribution is -0.134. The number of likely N-dealkylation sites (tertiary alicyclic amines) is 1. The van der Waals surface area contributed by atoms with E-state index in [0.717, 1.165) is 68.7 Å². The van der Waals surface area contributed by atoms with Crippen molar-refractivity contribution in [2.75, 3.05) is 36.9 Å². The summed E-state index contributed by atoms with van der Waals surface area (Å²) in [5.74, 6) is 1.40. The largest absolute Gasteiger partial charge is 0.507 e. The SMILES string of the molecule is Nc1nnc(-c2ccccc2O)cc1-c1cn(C2CCN([C@H]3CC[C@H](c4cccc5c4OCCN5[C@H]4CCC(=O)NC4=O)CC3)CC2)cn1. The van der Waals surface area contributed by atoms with Crippen LogP contribution in [-0.4, -0.2) is 79.9 Å². The number of piperidine rings is 2. The molecule has 0 radical (unpaired) electrons. The maximum Gasteiger partial charge on any atom is 0.249 e. The van der Waals surface area contributed by atoms with Crippen LogP contribution in [0.4, 0.5) is 11.5 Å². The molecule has 12 nitrogen and oxygen atoms in total. The lowest BCUT2D eigenvalue weighted by atomic mass is 9.80. The highest BCUT2D eigenvalue weighted by Gasteiger charge is 2.37. The number of hydrogen-bond donors (Lipinski definition) is 3. The number of phenols is 1. The van der Waals surface area contributed by atoms with Gasteiger partial charge in [0.15, 0.2) is 5.82 Å². The summed E-state index contributed by atoms with van der Waals surface area (Å²) in [6.07, 6.45) is 11.5. The summed E-state index contributed by atoms with van der Waals surface area (Å²) in [5, 5.41) is 21.2. The molecule has 2 aromatic carbocycles. The van der Waals surface area contributed by atoms with Crippen molar-refractivity contribution in [2.24, 2.45) is 0 Å². The monoisotopic (exact) mass is 662 g/mol. The van der Waals surface area contributed by atoms with Crippen molar-refractivity contribution in [3.63, 3.8) is 0 Å². The number of ether oxygens (including phenoxy) is 1. The van der Waals surface area contributed by atoms with E-state index in [-0.39, 0.29) is 23.6 Å². The highest BCUT2D eigenvalue weighted by Crippen LogP contribution is 2.45. The predicted molar refractivity (Wildman–Crippen MR) is 185 cm³/mol. The fourth-order valence-electron chi connectivity index (χ4n) is 8.32. The number of para-hydroxylation sites is 2. The first-order chi connectivity index (χ1) is 23.9. The summed E-state index contributed by atoms with van der Waals surface area (Å²) in [5.41, 5.74) is 11.1. The highest BCUT2D eigenvalue weighted by atomic mass is 16.5. The van der Waals surface area contributed by atoms with Crippen LogP contribution in [0.3, 0.4) is 0 Å². The number of phenolic OH excluding ortho intramolecular Hbond substituents is 1. The molecule has 3 fully saturated rings. The summed E-state index contributed by atoms with van der Waals surface area (Å²) in [6.45, 7) is 3.28. The number of fused-ring (bicyclic) bond motifs is 1. The van der Waals surface area contributed by atoms with Gasteiger partial charge in [-0.25, -0.2) is 4.98 Å². The van der Waals surface area contributed by atoms with Gasteiger partial charge >= 0.3 is 0 Å². The number of amides is 2. The molecule has 4 aromatic rings. The zero-order valence-corrected chi connectivity index (χ0v) is 27.5. The number of nitrogens with one attached hydrogen (secondary N) is 1. The van der Waals surface area contributed by atoms with Gasteiger partial charge < -0.3 is 29.9 Å². The van der Waals surface area contributed by atoms with Gasteiger partial charge in [-0.2, -0.15) is 0 Å². The second-order valence-corrected chi connectivity index (χ2v) is 13.7. The summed E-state index contributed by atoms with van der Waals surface area (Å²) in [6, 6.07) is 15.8. The Kier molecular flexibility index (Phi) is 8.40. The third-order valence-corrected chi connectivity index (χ3v) is 11.0. The van der Waals surface area contributed by atoms with E-state index in [9.17, 15) is 14.7 Å². The van der Waals surface area contributed by atoms with Gasteiger partial charge in [-0.05, 0) is 80.7 Å². The zero-order chi connectivity index (χ0) is 33.5. The minimum atomic E-state index is -0.336. The standard InChI is InChI=1S/C37H42N8O4/c38-36-28(20-29(41-42-36)27-4-1-2-7-33(27)46)30-21-44(22-39-30)25-14-16-43(17-15-25)24-10-8-23(9-11-24)26-5-3-6-31-35(26)49-19-18-45(31)32-12-13-34(47)40-37(32)48/h1-7,20-25,32,46H,8-19H2,(H2,38,42)(H,40,47,48)/t23-,24-,32-/m0/s1. The maximum absolute atomic E-state index is 12.7. The molecule has 0 bridgehead atoms. The Morgan fingerprint density at radius 3 is 2.47 bits per heavy atom. The fraction of sp³-hybridized carbons (Fsp3) is 0.432. The summed E-state index contributed by atoms with van der Waals surface area (Å²) in [7, 11) is 0. The number of imidazole rings is 1. The molecule has 0 unspecified atom stereocenters. The topological polar surface area (TPSA) is 152 Å². The Labute approximate surface area is 285 Å². The summed E-state index contributed by atoms with van der Waals surface area (Å²) >= 11 is 0. The first-order valence-electron chi connectivity index (χ1n) is 17.5. The molecule has 3 aliphatic heterocycles. The van der Waals surface area contributed by atoms with Crippen LogP contribution >= 0.6 is 0 Å². The van der Waals surface area contributed by atoms with Gasteiger partial charge in [0.05, 0.1) is 29.9 Å². The van der Waals surface area contributed by atoms with Crippen LogP contribution < -0.4 is 20.7 Å². The van der Waals surface area contributed by atoms with Crippen molar-refractivity contribution >= 4 is 23.3 Å². The molecule has 2 aromatic heterocycles. The van der Waals surface area contributed by atoms with E-state index in [1.807, 2.05) is 18.5 Å². The van der Waals surface area contributed by atoms with Crippen molar-refractivity contribution in [3.8, 4) is 34.0 Å². The number of hydrogen-bond acceptors (Lipinski definition) is 10. The van der Waals surface area contributed by atoms with Crippen LogP contribution in [0.1, 0.15) is 68.9 Å². The number of rotatable bonds is 6. The van der Waals surface area contributed by atoms with Gasteiger partial charge in [0, 0.05) is 48.9 Å². The second kappa shape index (κ2) is 13.1. The van der Waals surface area contributed by atoms with Gasteiger partial charge in [-0.15, -0.1) is 10.2 Å². The normalized spacial score (nSPS) is 23.5. The molecule has 8 rings (SSSR count). The van der Waals surface area contributed by atoms with Crippen LogP contribution in [0.15, 0.2) is 61.1 Å². The van der Waals surface area contributed by atoms with Gasteiger partial charge in [0.25, 0.3) is 0 Å². The van der Waals surface area contributed by atoms with Crippen LogP contribution in [0.2, 0.25) is 0 Å². The Morgan fingerprint density at radius 1 is 0.857 bits per heavy atom. The fourth-order valence-corrected chi connectivity index (χ4v) is 8.32. The number of anilines is 2. The van der Waals surface area contributed by atoms with E-state index < -0.39 is 0 Å². The number of benzene rings is 2. The molecule has 2 saturated heterocycles. The minimum absolute atomic E-state index is 0.143. The summed E-state index contributed by atoms with van der Waals surface area (Å²) < 4.78 is 8.48. The molecular formula is C37H42N8O4. The average Bonchev–Trinajstić information content (AvgIpc) is 3.62. The van der Waals surface area contributed by atoms with Crippen LogP contribution in [-0.2, 0) is 9.59 Å². The first-order valence-corrected chi connectivity index (χ1v) is 17.5. The van der Waals surface area contributed by atoms with Gasteiger partial charge in [-0.3, -0.25) is 14.9 Å². The Hall–Kier alpha value is -4.97. The molecular weight excluding hydrogens is 620 g/mol. The maximum atomic E-state index is 12.7. The number of aromatic nitrogens is 4. The smallest absolute Gasteiger partial charge is 0.249 e. The van der Waals surface area contributed by atoms with E-state index in [0.29, 0.717) is 66.6 Å². The molecule has 1 atom stereocenters. The lowest BCUT2D eigenvalue weighted by Gasteiger charge is -2.42. The molecule has 254 valence electrons. The number of nitrogens with two attached hydrogens (primary N) is 1. The van der Waals surface area contributed by atoms with E-state index in [1.54, 1.807) is 18.2 Å². The van der Waals surface area contributed by atoms with E-state index in [4.69, 9.17) is 10.5 Å². The minimum Gasteiger partial charge on any atom is -0.507 e. The number of aromatic hydroxyl groups is 1. The van der Waals surface area contributed by atoms with Crippen molar-refractivity contribution in [2.45, 2.75) is 75.4 Å². The van der Waals surface area contributed by atoms with Crippen molar-refractivity contribution in [1.82, 2.24) is 30.0 Å². The summed E-state index contributed by atoms with van der Waals surface area (Å²) in [4.78, 5) is 33.9. The first kappa shape index (κ1) is 31.3. The number of nitrogen functional groups attached to an aromatic ring is 1. The predicted octanol–water partition coefficient (Wildman–Crippen LogP) is 4.66. The molecule has 1 saturated carbocycles. The molecule has 12 heteroatoms. The molecule has 2 amide bonds. The molecule has 4 aliphatic rings. The van der Waals surface area contributed by atoms with Gasteiger partial charge in [-0.1, -0.05) is 24.3 Å². The average molecular weight is 663 g/mol. The lowest BCUT2D eigenvalue weighted by Crippen LogP contribution is -2.54. The molecule has 4 N–H and O–H groups in total. The number of carbonyl (C=O) groups excluding carboxylic acids is 2. The van der Waals surface area contributed by atoms with Gasteiger partial charge in [0.2, 0.25) is 11.8 Å². The third-order valence-electron chi connectivity index (χ3n) is 11.0. The zero-order valence-electron chi connectivity index (χ0n) is 27.5. The number of imide groups is 1. The Morgan fingerprint density at radius 2 is 1.67 bits per heavy atom. The second-order valence-electron chi connectivity index (χ2n) is 13.7. The van der Waals surface area contributed by atoms with E-state index in [1.165, 1.54) is 5.56 Å². The third kappa shape index (κ3) is 6.09. The van der Waals surface area contributed by atoms with Gasteiger partial charge in [0.1, 0.15) is 24.1 Å². The van der Waals surface area contributed by atoms with Crippen molar-refractivity contribution in [1.29, 1.82) is 0 Å². The molecule has 49 heavy (non-hydrogen) atoms. The van der Waals surface area contributed by atoms with Crippen LogP contribution in [0, 0.1) is 0 Å². The molecule has 0 spiro atoms. The quantitative estimate of drug-likeness (QED) is 0.249. The molecule has 1 aliphatic carbocycles. The number of nitrogens with zero attached hydrogens (tertiary/aromatic N) is 6. The highest BCUT2D eigenvalue weighted by molar-refractivity contribution is 6.02. The van der Waals surface area contributed by atoms with Crippen LogP contribution in [0.25, 0.3) is 22.5 Å². The number of carbonyl (C=O) groups is 2. The molecule has 5 heterocycles. The Balaban J connectivity index is 0.884.